The molecule has 0 aliphatic carbocycles. The van der Waals surface area contributed by atoms with Crippen molar-refractivity contribution in [2.45, 2.75) is 0 Å². The zero-order chi connectivity index (χ0) is 16.2. The van der Waals surface area contributed by atoms with Gasteiger partial charge in [0, 0.05) is 19.3 Å². The lowest BCUT2D eigenvalue weighted by atomic mass is 10.3. The molecule has 1 fully saturated rings. The van der Waals surface area contributed by atoms with Crippen molar-refractivity contribution >= 4 is 21.6 Å². The SMILES string of the molecule is COc1ncccc1N(CC(=O)N1CCOCC1)S(C)(=O)=O. The number of carbonyl (C=O) groups is 1. The minimum absolute atomic E-state index is 0.155. The zero-order valence-electron chi connectivity index (χ0n) is 12.6. The molecule has 22 heavy (non-hydrogen) atoms. The molecule has 2 rings (SSSR count). The third kappa shape index (κ3) is 3.86. The van der Waals surface area contributed by atoms with Gasteiger partial charge < -0.3 is 14.4 Å². The van der Waals surface area contributed by atoms with Gasteiger partial charge in [0.15, 0.2) is 0 Å². The maximum atomic E-state index is 12.3. The molecule has 1 aliphatic rings. The van der Waals surface area contributed by atoms with Crippen LogP contribution in [0.15, 0.2) is 18.3 Å². The Hall–Kier alpha value is -1.87. The number of ether oxygens (including phenoxy) is 2. The van der Waals surface area contributed by atoms with Gasteiger partial charge in [-0.15, -0.1) is 0 Å². The zero-order valence-corrected chi connectivity index (χ0v) is 13.4. The van der Waals surface area contributed by atoms with E-state index in [0.717, 1.165) is 10.6 Å². The number of hydrogen-bond donors (Lipinski definition) is 0. The summed E-state index contributed by atoms with van der Waals surface area (Å²) in [5.74, 6) is -0.123. The van der Waals surface area contributed by atoms with Crippen molar-refractivity contribution in [2.24, 2.45) is 0 Å². The van der Waals surface area contributed by atoms with E-state index in [1.54, 1.807) is 17.0 Å². The fourth-order valence-electron chi connectivity index (χ4n) is 2.15. The fraction of sp³-hybridized carbons (Fsp3) is 0.538. The van der Waals surface area contributed by atoms with Gasteiger partial charge in [0.25, 0.3) is 0 Å². The van der Waals surface area contributed by atoms with Crippen LogP contribution in [0.1, 0.15) is 0 Å². The van der Waals surface area contributed by atoms with Crippen molar-refractivity contribution < 1.29 is 22.7 Å². The van der Waals surface area contributed by atoms with E-state index in [1.165, 1.54) is 13.3 Å². The minimum atomic E-state index is -3.65. The Morgan fingerprint density at radius 3 is 2.73 bits per heavy atom. The Kier molecular flexibility index (Phi) is 5.19. The number of morpholine rings is 1. The van der Waals surface area contributed by atoms with Gasteiger partial charge in [0.2, 0.25) is 21.8 Å². The predicted molar refractivity (Wildman–Crippen MR) is 80.4 cm³/mol. The van der Waals surface area contributed by atoms with E-state index in [4.69, 9.17) is 9.47 Å². The summed E-state index contributed by atoms with van der Waals surface area (Å²) in [6, 6.07) is 3.15. The highest BCUT2D eigenvalue weighted by Gasteiger charge is 2.27. The van der Waals surface area contributed by atoms with E-state index in [2.05, 4.69) is 4.98 Å². The van der Waals surface area contributed by atoms with E-state index >= 15 is 0 Å². The number of sulfonamides is 1. The normalized spacial score (nSPS) is 15.5. The first-order valence-corrected chi connectivity index (χ1v) is 8.60. The summed E-state index contributed by atoms with van der Waals surface area (Å²) in [4.78, 5) is 17.9. The van der Waals surface area contributed by atoms with E-state index in [9.17, 15) is 13.2 Å². The van der Waals surface area contributed by atoms with Crippen LogP contribution in [0.5, 0.6) is 5.88 Å². The van der Waals surface area contributed by atoms with E-state index in [0.29, 0.717) is 26.3 Å². The number of nitrogens with zero attached hydrogens (tertiary/aromatic N) is 3. The van der Waals surface area contributed by atoms with E-state index in [1.807, 2.05) is 0 Å². The van der Waals surface area contributed by atoms with Crippen LogP contribution >= 0.6 is 0 Å². The summed E-state index contributed by atoms with van der Waals surface area (Å²) < 4.78 is 35.4. The molecule has 0 aromatic carbocycles. The molecule has 2 heterocycles. The molecule has 1 aromatic rings. The van der Waals surface area contributed by atoms with Gasteiger partial charge in [-0.3, -0.25) is 9.10 Å². The average molecular weight is 329 g/mol. The van der Waals surface area contributed by atoms with Gasteiger partial charge in [-0.25, -0.2) is 13.4 Å². The highest BCUT2D eigenvalue weighted by molar-refractivity contribution is 7.92. The van der Waals surface area contributed by atoms with Crippen LogP contribution in [-0.4, -0.2) is 70.4 Å². The van der Waals surface area contributed by atoms with Crippen molar-refractivity contribution in [1.82, 2.24) is 9.88 Å². The molecule has 0 saturated carbocycles. The molecule has 1 aromatic heterocycles. The number of aromatic nitrogens is 1. The molecule has 1 saturated heterocycles. The number of pyridine rings is 1. The van der Waals surface area contributed by atoms with Crippen molar-refractivity contribution in [3.8, 4) is 5.88 Å². The molecule has 0 atom stereocenters. The largest absolute Gasteiger partial charge is 0.479 e. The maximum absolute atomic E-state index is 12.3. The lowest BCUT2D eigenvalue weighted by Crippen LogP contribution is -2.47. The molecule has 0 spiro atoms. The summed E-state index contributed by atoms with van der Waals surface area (Å²) in [6.07, 6.45) is 2.54. The molecule has 1 amide bonds. The van der Waals surface area contributed by atoms with Crippen LogP contribution in [0.25, 0.3) is 0 Å². The average Bonchev–Trinajstić information content (AvgIpc) is 2.52. The van der Waals surface area contributed by atoms with Crippen LogP contribution in [0.3, 0.4) is 0 Å². The molecule has 0 bridgehead atoms. The first-order valence-electron chi connectivity index (χ1n) is 6.75. The van der Waals surface area contributed by atoms with Gasteiger partial charge in [-0.05, 0) is 12.1 Å². The minimum Gasteiger partial charge on any atom is -0.479 e. The Labute approximate surface area is 129 Å². The van der Waals surface area contributed by atoms with Crippen LogP contribution in [-0.2, 0) is 19.6 Å². The smallest absolute Gasteiger partial charge is 0.243 e. The molecule has 0 unspecified atom stereocenters. The van der Waals surface area contributed by atoms with Gasteiger partial charge in [-0.2, -0.15) is 0 Å². The summed E-state index contributed by atoms with van der Waals surface area (Å²) in [7, 11) is -2.25. The van der Waals surface area contributed by atoms with Crippen molar-refractivity contribution in [3.05, 3.63) is 18.3 Å². The molecule has 0 N–H and O–H groups in total. The second kappa shape index (κ2) is 6.93. The molecule has 8 nitrogen and oxygen atoms in total. The molecular formula is C13H19N3O5S. The topological polar surface area (TPSA) is 89.0 Å². The van der Waals surface area contributed by atoms with Gasteiger partial charge in [-0.1, -0.05) is 0 Å². The summed E-state index contributed by atoms with van der Waals surface area (Å²) in [5.41, 5.74) is 0.245. The lowest BCUT2D eigenvalue weighted by Gasteiger charge is -2.30. The van der Waals surface area contributed by atoms with Gasteiger partial charge in [0.1, 0.15) is 12.2 Å². The number of rotatable bonds is 5. The van der Waals surface area contributed by atoms with Crippen LogP contribution in [0.4, 0.5) is 5.69 Å². The second-order valence-corrected chi connectivity index (χ2v) is 6.70. The number of anilines is 1. The van der Waals surface area contributed by atoms with Crippen molar-refractivity contribution in [2.75, 3.05) is 50.5 Å². The van der Waals surface area contributed by atoms with Crippen LogP contribution in [0, 0.1) is 0 Å². The third-order valence-electron chi connectivity index (χ3n) is 3.26. The van der Waals surface area contributed by atoms with Crippen LogP contribution < -0.4 is 9.04 Å². The number of hydrogen-bond acceptors (Lipinski definition) is 6. The van der Waals surface area contributed by atoms with E-state index < -0.39 is 10.0 Å². The van der Waals surface area contributed by atoms with E-state index in [-0.39, 0.29) is 24.0 Å². The third-order valence-corrected chi connectivity index (χ3v) is 4.38. The summed E-state index contributed by atoms with van der Waals surface area (Å²) >= 11 is 0. The molecule has 9 heteroatoms. The van der Waals surface area contributed by atoms with Crippen molar-refractivity contribution in [1.29, 1.82) is 0 Å². The second-order valence-electron chi connectivity index (χ2n) is 4.79. The molecule has 122 valence electrons. The summed E-state index contributed by atoms with van der Waals surface area (Å²) in [5, 5.41) is 0. The first-order chi connectivity index (χ1) is 10.4. The number of amides is 1. The fourth-order valence-corrected chi connectivity index (χ4v) is 2.99. The maximum Gasteiger partial charge on any atom is 0.243 e. The highest BCUT2D eigenvalue weighted by atomic mass is 32.2. The predicted octanol–water partition coefficient (Wildman–Crippen LogP) is -0.285. The van der Waals surface area contributed by atoms with Crippen LogP contribution in [0.2, 0.25) is 0 Å². The molecule has 1 aliphatic heterocycles. The monoisotopic (exact) mass is 329 g/mol. The number of carbonyl (C=O) groups excluding carboxylic acids is 1. The Morgan fingerprint density at radius 2 is 2.14 bits per heavy atom. The summed E-state index contributed by atoms with van der Waals surface area (Å²) in [6.45, 7) is 1.55. The number of methoxy groups -OCH3 is 1. The standard InChI is InChI=1S/C13H19N3O5S/c1-20-13-11(4-3-5-14-13)16(22(2,18)19)10-12(17)15-6-8-21-9-7-15/h3-5H,6-10H2,1-2H3. The molecular weight excluding hydrogens is 310 g/mol. The van der Waals surface area contributed by atoms with Gasteiger partial charge in [0.05, 0.1) is 26.6 Å². The Bertz CT molecular complexity index is 628. The molecule has 0 radical (unpaired) electrons. The van der Waals surface area contributed by atoms with Crippen molar-refractivity contribution in [3.63, 3.8) is 0 Å². The Morgan fingerprint density at radius 1 is 1.45 bits per heavy atom. The quantitative estimate of drug-likeness (QED) is 0.738. The highest BCUT2D eigenvalue weighted by Crippen LogP contribution is 2.27. The first kappa shape index (κ1) is 16.5. The lowest BCUT2D eigenvalue weighted by molar-refractivity contribution is -0.133. The van der Waals surface area contributed by atoms with Gasteiger partial charge >= 0.3 is 0 Å². The Balaban J connectivity index is 2.25.